The van der Waals surface area contributed by atoms with Gasteiger partial charge in [0.25, 0.3) is 0 Å². The predicted octanol–water partition coefficient (Wildman–Crippen LogP) is 3.22. The number of benzene rings is 1. The van der Waals surface area contributed by atoms with Crippen LogP contribution < -0.4 is 0 Å². The summed E-state index contributed by atoms with van der Waals surface area (Å²) in [5.74, 6) is 0.898. The lowest BCUT2D eigenvalue weighted by Gasteiger charge is -2.38. The van der Waals surface area contributed by atoms with Crippen LogP contribution in [0.25, 0.3) is 0 Å². The predicted molar refractivity (Wildman–Crippen MR) is 125 cm³/mol. The molecule has 1 amide bonds. The minimum Gasteiger partial charge on any atom is -0.376 e. The van der Waals surface area contributed by atoms with Crippen LogP contribution in [0.1, 0.15) is 50.7 Å². The molecule has 0 bridgehead atoms. The lowest BCUT2D eigenvalue weighted by Crippen LogP contribution is -2.48. The maximum atomic E-state index is 13.2. The first-order valence-corrected chi connectivity index (χ1v) is 12.6. The van der Waals surface area contributed by atoms with Gasteiger partial charge in [0.15, 0.2) is 0 Å². The van der Waals surface area contributed by atoms with Crippen molar-refractivity contribution < 1.29 is 9.53 Å². The highest BCUT2D eigenvalue weighted by molar-refractivity contribution is 5.78. The third-order valence-corrected chi connectivity index (χ3v) is 7.73. The molecule has 172 valence electrons. The van der Waals surface area contributed by atoms with Crippen LogP contribution in [-0.4, -0.2) is 85.2 Å². The molecule has 1 unspecified atom stereocenters. The molecule has 2 aliphatic heterocycles. The Labute approximate surface area is 188 Å². The summed E-state index contributed by atoms with van der Waals surface area (Å²) in [6.45, 7) is 11.5. The Balaban J connectivity index is 1.29. The number of piperidine rings is 1. The minimum atomic E-state index is 0.234. The van der Waals surface area contributed by atoms with Crippen molar-refractivity contribution in [2.75, 3.05) is 52.4 Å². The average Bonchev–Trinajstić information content (AvgIpc) is 3.47. The monoisotopic (exact) mass is 427 g/mol. The Morgan fingerprint density at radius 3 is 2.29 bits per heavy atom. The Hall–Kier alpha value is -1.43. The van der Waals surface area contributed by atoms with E-state index in [0.29, 0.717) is 18.5 Å². The first kappa shape index (κ1) is 22.8. The molecule has 2 heterocycles. The van der Waals surface area contributed by atoms with E-state index in [1.54, 1.807) is 11.1 Å². The van der Waals surface area contributed by atoms with Gasteiger partial charge < -0.3 is 9.64 Å². The Bertz CT molecular complexity index is 681. The van der Waals surface area contributed by atoms with Gasteiger partial charge in [0, 0.05) is 25.7 Å². The fraction of sp³-hybridized carbons (Fsp3) is 0.731. The molecule has 5 heteroatoms. The molecule has 5 nitrogen and oxygen atoms in total. The van der Waals surface area contributed by atoms with Gasteiger partial charge in [-0.15, -0.1) is 0 Å². The van der Waals surface area contributed by atoms with Crippen LogP contribution in [0.4, 0.5) is 0 Å². The zero-order valence-electron chi connectivity index (χ0n) is 19.6. The van der Waals surface area contributed by atoms with E-state index in [1.165, 1.54) is 38.8 Å². The molecule has 0 aromatic heterocycles. The number of nitrogens with zero attached hydrogens (tertiary/aromatic N) is 3. The summed E-state index contributed by atoms with van der Waals surface area (Å²) >= 11 is 0. The summed E-state index contributed by atoms with van der Waals surface area (Å²) < 4.78 is 5.88. The fourth-order valence-corrected chi connectivity index (χ4v) is 5.66. The topological polar surface area (TPSA) is 36.0 Å². The van der Waals surface area contributed by atoms with Crippen LogP contribution in [0.2, 0.25) is 0 Å². The molecule has 1 atom stereocenters. The highest BCUT2D eigenvalue weighted by Gasteiger charge is 2.32. The molecule has 0 spiro atoms. The van der Waals surface area contributed by atoms with Gasteiger partial charge in [-0.2, -0.15) is 0 Å². The molecule has 3 aliphatic rings. The molecule has 1 aliphatic carbocycles. The Morgan fingerprint density at radius 2 is 1.71 bits per heavy atom. The number of hydrogen-bond acceptors (Lipinski definition) is 4. The summed E-state index contributed by atoms with van der Waals surface area (Å²) in [6.07, 6.45) is 7.27. The second kappa shape index (κ2) is 10.9. The number of likely N-dealkylation sites (tertiary alicyclic amines) is 1. The highest BCUT2D eigenvalue weighted by Crippen LogP contribution is 2.29. The van der Waals surface area contributed by atoms with Gasteiger partial charge in [0.1, 0.15) is 0 Å². The Kier molecular flexibility index (Phi) is 8.02. The van der Waals surface area contributed by atoms with Crippen molar-refractivity contribution in [2.24, 2.45) is 5.92 Å². The number of fused-ring (bicyclic) bond motifs is 1. The summed E-state index contributed by atoms with van der Waals surface area (Å²) in [6, 6.07) is 9.61. The molecule has 31 heavy (non-hydrogen) atoms. The molecule has 0 N–H and O–H groups in total. The van der Waals surface area contributed by atoms with Crippen LogP contribution >= 0.6 is 0 Å². The van der Waals surface area contributed by atoms with Crippen LogP contribution in [0.3, 0.4) is 0 Å². The Morgan fingerprint density at radius 1 is 1.03 bits per heavy atom. The maximum absolute atomic E-state index is 13.2. The molecule has 0 radical (unpaired) electrons. The molecular formula is C26H41N3O2. The van der Waals surface area contributed by atoms with E-state index in [1.807, 2.05) is 0 Å². The van der Waals surface area contributed by atoms with Gasteiger partial charge in [-0.1, -0.05) is 38.1 Å². The number of hydrogen-bond donors (Lipinski definition) is 0. The van der Waals surface area contributed by atoms with E-state index in [-0.39, 0.29) is 12.0 Å². The van der Waals surface area contributed by atoms with E-state index in [0.717, 1.165) is 45.6 Å². The summed E-state index contributed by atoms with van der Waals surface area (Å²) in [4.78, 5) is 20.2. The molecule has 4 rings (SSSR count). The first-order chi connectivity index (χ1) is 15.2. The van der Waals surface area contributed by atoms with E-state index in [9.17, 15) is 4.79 Å². The van der Waals surface area contributed by atoms with Crippen LogP contribution in [0, 0.1) is 5.92 Å². The summed E-state index contributed by atoms with van der Waals surface area (Å²) in [5.41, 5.74) is 3.08. The van der Waals surface area contributed by atoms with Gasteiger partial charge in [-0.3, -0.25) is 14.6 Å². The number of ether oxygens (including phenoxy) is 1. The standard InChI is InChI=1S/C26H41N3O2/c1-3-27(4-2)20-26(30)29(19-25-10-7-15-31-25)18-21-11-13-28(14-12-21)24-16-22-8-5-6-9-23(22)17-24/h5-6,8-9,21,24-25H,3-4,7,10-20H2,1-2H3. The third-order valence-electron chi connectivity index (χ3n) is 7.73. The maximum Gasteiger partial charge on any atom is 0.236 e. The second-order valence-corrected chi connectivity index (χ2v) is 9.71. The van der Waals surface area contributed by atoms with Crippen LogP contribution in [0.5, 0.6) is 0 Å². The zero-order valence-corrected chi connectivity index (χ0v) is 19.6. The van der Waals surface area contributed by atoms with Crippen molar-refractivity contribution >= 4 is 5.91 Å². The normalized spacial score (nSPS) is 22.9. The van der Waals surface area contributed by atoms with Gasteiger partial charge in [-0.05, 0) is 81.7 Å². The lowest BCUT2D eigenvalue weighted by atomic mass is 9.94. The van der Waals surface area contributed by atoms with Crippen molar-refractivity contribution in [3.63, 3.8) is 0 Å². The molecule has 2 saturated heterocycles. The SMILES string of the molecule is CCN(CC)CC(=O)N(CC1CCN(C2Cc3ccccc3C2)CC1)CC1CCCO1. The molecule has 0 saturated carbocycles. The summed E-state index contributed by atoms with van der Waals surface area (Å²) in [7, 11) is 0. The quantitative estimate of drug-likeness (QED) is 0.606. The van der Waals surface area contributed by atoms with E-state index < -0.39 is 0 Å². The first-order valence-electron chi connectivity index (χ1n) is 12.6. The van der Waals surface area contributed by atoms with Crippen molar-refractivity contribution in [3.05, 3.63) is 35.4 Å². The molecule has 2 fully saturated rings. The molecule has 1 aromatic rings. The minimum absolute atomic E-state index is 0.234. The van der Waals surface area contributed by atoms with Gasteiger partial charge in [0.05, 0.1) is 12.6 Å². The zero-order chi connectivity index (χ0) is 21.6. The number of carbonyl (C=O) groups is 1. The van der Waals surface area contributed by atoms with Crippen molar-refractivity contribution in [2.45, 2.75) is 64.5 Å². The second-order valence-electron chi connectivity index (χ2n) is 9.71. The van der Waals surface area contributed by atoms with E-state index in [2.05, 4.69) is 52.8 Å². The largest absolute Gasteiger partial charge is 0.376 e. The van der Waals surface area contributed by atoms with Gasteiger partial charge >= 0.3 is 0 Å². The highest BCUT2D eigenvalue weighted by atomic mass is 16.5. The number of carbonyl (C=O) groups excluding carboxylic acids is 1. The average molecular weight is 428 g/mol. The number of amides is 1. The van der Waals surface area contributed by atoms with E-state index in [4.69, 9.17) is 4.74 Å². The summed E-state index contributed by atoms with van der Waals surface area (Å²) in [5, 5.41) is 0. The lowest BCUT2D eigenvalue weighted by molar-refractivity contribution is -0.135. The van der Waals surface area contributed by atoms with Crippen molar-refractivity contribution in [3.8, 4) is 0 Å². The number of rotatable bonds is 9. The van der Waals surface area contributed by atoms with Gasteiger partial charge in [-0.25, -0.2) is 0 Å². The van der Waals surface area contributed by atoms with Crippen LogP contribution in [0.15, 0.2) is 24.3 Å². The third kappa shape index (κ3) is 5.88. The van der Waals surface area contributed by atoms with Crippen molar-refractivity contribution in [1.29, 1.82) is 0 Å². The van der Waals surface area contributed by atoms with E-state index >= 15 is 0 Å². The molecular weight excluding hydrogens is 386 g/mol. The van der Waals surface area contributed by atoms with Crippen molar-refractivity contribution in [1.82, 2.24) is 14.7 Å². The van der Waals surface area contributed by atoms with Crippen LogP contribution in [-0.2, 0) is 22.4 Å². The number of likely N-dealkylation sites (N-methyl/N-ethyl adjacent to an activating group) is 1. The smallest absolute Gasteiger partial charge is 0.236 e. The van der Waals surface area contributed by atoms with Gasteiger partial charge in [0.2, 0.25) is 5.91 Å². The fourth-order valence-electron chi connectivity index (χ4n) is 5.66. The molecule has 1 aromatic carbocycles.